The predicted molar refractivity (Wildman–Crippen MR) is 82.2 cm³/mol. The molecule has 0 N–H and O–H groups in total. The smallest absolute Gasteiger partial charge is 0.253 e. The Bertz CT molecular complexity index is 728. The topological polar surface area (TPSA) is 61.9 Å². The van der Waals surface area contributed by atoms with E-state index in [0.717, 1.165) is 25.2 Å². The molecule has 3 rings (SSSR count). The minimum absolute atomic E-state index is 0.0338. The quantitative estimate of drug-likeness (QED) is 0.871. The van der Waals surface area contributed by atoms with Crippen LogP contribution in [-0.4, -0.2) is 34.0 Å². The summed E-state index contributed by atoms with van der Waals surface area (Å²) in [6.07, 6.45) is 5.84. The monoisotopic (exact) mass is 294 g/mol. The standard InChI is InChI=1S/C17H18N4O/c1-20(17(22)15-4-2-3-13(9-15)10-18)11-14-5-6-16-19-7-8-21(16)12-14/h2-4,7-9,14H,5-6,11-12H2,1H3/t14-/m1/s1. The van der Waals surface area contributed by atoms with Gasteiger partial charge in [-0.1, -0.05) is 6.07 Å². The second-order valence-electron chi connectivity index (χ2n) is 5.78. The average molecular weight is 294 g/mol. The minimum Gasteiger partial charge on any atom is -0.341 e. The molecule has 0 saturated heterocycles. The molecule has 1 aliphatic heterocycles. The van der Waals surface area contributed by atoms with E-state index in [1.807, 2.05) is 19.4 Å². The highest BCUT2D eigenvalue weighted by atomic mass is 16.2. The van der Waals surface area contributed by atoms with E-state index in [2.05, 4.69) is 15.6 Å². The molecule has 2 heterocycles. The Morgan fingerprint density at radius 3 is 3.23 bits per heavy atom. The van der Waals surface area contributed by atoms with Gasteiger partial charge in [-0.05, 0) is 30.5 Å². The highest BCUT2D eigenvalue weighted by Gasteiger charge is 2.22. The van der Waals surface area contributed by atoms with Crippen LogP contribution in [0.15, 0.2) is 36.7 Å². The maximum absolute atomic E-state index is 12.5. The van der Waals surface area contributed by atoms with Crippen LogP contribution in [0.5, 0.6) is 0 Å². The van der Waals surface area contributed by atoms with Crippen molar-refractivity contribution in [3.8, 4) is 6.07 Å². The van der Waals surface area contributed by atoms with Crippen molar-refractivity contribution >= 4 is 5.91 Å². The Balaban J connectivity index is 1.66. The fourth-order valence-electron chi connectivity index (χ4n) is 3.00. The first kappa shape index (κ1) is 14.3. The van der Waals surface area contributed by atoms with Gasteiger partial charge in [0.05, 0.1) is 11.6 Å². The molecule has 0 radical (unpaired) electrons. The van der Waals surface area contributed by atoms with Crippen molar-refractivity contribution < 1.29 is 4.79 Å². The molecule has 0 spiro atoms. The van der Waals surface area contributed by atoms with Gasteiger partial charge in [0.15, 0.2) is 0 Å². The van der Waals surface area contributed by atoms with E-state index in [9.17, 15) is 4.79 Å². The molecule has 0 fully saturated rings. The summed E-state index contributed by atoms with van der Waals surface area (Å²) >= 11 is 0. The van der Waals surface area contributed by atoms with Crippen LogP contribution >= 0.6 is 0 Å². The lowest BCUT2D eigenvalue weighted by Gasteiger charge is -2.28. The van der Waals surface area contributed by atoms with Crippen LogP contribution in [0.1, 0.15) is 28.2 Å². The molecule has 1 aromatic carbocycles. The van der Waals surface area contributed by atoms with Crippen molar-refractivity contribution in [2.45, 2.75) is 19.4 Å². The van der Waals surface area contributed by atoms with Crippen molar-refractivity contribution in [1.82, 2.24) is 14.5 Å². The van der Waals surface area contributed by atoms with Crippen LogP contribution in [-0.2, 0) is 13.0 Å². The van der Waals surface area contributed by atoms with Crippen molar-refractivity contribution in [1.29, 1.82) is 5.26 Å². The van der Waals surface area contributed by atoms with Crippen LogP contribution in [0.2, 0.25) is 0 Å². The van der Waals surface area contributed by atoms with E-state index in [4.69, 9.17) is 5.26 Å². The fraction of sp³-hybridized carbons (Fsp3) is 0.353. The van der Waals surface area contributed by atoms with Gasteiger partial charge in [0.25, 0.3) is 5.91 Å². The van der Waals surface area contributed by atoms with Crippen LogP contribution in [0.25, 0.3) is 0 Å². The third kappa shape index (κ3) is 2.86. The lowest BCUT2D eigenvalue weighted by Crippen LogP contribution is -2.35. The Labute approximate surface area is 129 Å². The van der Waals surface area contributed by atoms with Gasteiger partial charge < -0.3 is 9.47 Å². The molecular formula is C17H18N4O. The second-order valence-corrected chi connectivity index (χ2v) is 5.78. The minimum atomic E-state index is -0.0338. The average Bonchev–Trinajstić information content (AvgIpc) is 3.01. The summed E-state index contributed by atoms with van der Waals surface area (Å²) < 4.78 is 2.17. The molecule has 1 aliphatic rings. The van der Waals surface area contributed by atoms with Gasteiger partial charge in [-0.15, -0.1) is 0 Å². The van der Waals surface area contributed by atoms with Gasteiger partial charge in [-0.2, -0.15) is 5.26 Å². The Morgan fingerprint density at radius 1 is 1.55 bits per heavy atom. The number of carbonyl (C=O) groups is 1. The first-order valence-electron chi connectivity index (χ1n) is 7.43. The predicted octanol–water partition coefficient (Wildman–Crippen LogP) is 2.09. The second kappa shape index (κ2) is 6.02. The van der Waals surface area contributed by atoms with Gasteiger partial charge in [0.1, 0.15) is 5.82 Å². The number of carbonyl (C=O) groups excluding carboxylic acids is 1. The first-order chi connectivity index (χ1) is 10.7. The molecule has 0 aliphatic carbocycles. The summed E-state index contributed by atoms with van der Waals surface area (Å²) in [5, 5.41) is 8.93. The maximum atomic E-state index is 12.5. The number of nitrogens with zero attached hydrogens (tertiary/aromatic N) is 4. The molecule has 0 bridgehead atoms. The zero-order chi connectivity index (χ0) is 15.5. The normalized spacial score (nSPS) is 16.6. The van der Waals surface area contributed by atoms with E-state index >= 15 is 0 Å². The van der Waals surface area contributed by atoms with E-state index < -0.39 is 0 Å². The van der Waals surface area contributed by atoms with Crippen LogP contribution in [0.3, 0.4) is 0 Å². The summed E-state index contributed by atoms with van der Waals surface area (Å²) in [5.74, 6) is 1.54. The molecule has 1 amide bonds. The number of hydrogen-bond acceptors (Lipinski definition) is 3. The van der Waals surface area contributed by atoms with E-state index in [-0.39, 0.29) is 5.91 Å². The number of rotatable bonds is 3. The molecule has 2 aromatic rings. The number of nitriles is 1. The number of fused-ring (bicyclic) bond motifs is 1. The highest BCUT2D eigenvalue weighted by molar-refractivity contribution is 5.94. The van der Waals surface area contributed by atoms with Crippen molar-refractivity contribution in [2.24, 2.45) is 5.92 Å². The van der Waals surface area contributed by atoms with E-state index in [1.165, 1.54) is 0 Å². The molecule has 5 heteroatoms. The zero-order valence-corrected chi connectivity index (χ0v) is 12.6. The summed E-state index contributed by atoms with van der Waals surface area (Å²) in [5.41, 5.74) is 1.08. The van der Waals surface area contributed by atoms with E-state index in [0.29, 0.717) is 23.6 Å². The van der Waals surface area contributed by atoms with Crippen molar-refractivity contribution in [2.75, 3.05) is 13.6 Å². The molecule has 22 heavy (non-hydrogen) atoms. The van der Waals surface area contributed by atoms with Crippen molar-refractivity contribution in [3.63, 3.8) is 0 Å². The van der Waals surface area contributed by atoms with Crippen molar-refractivity contribution in [3.05, 3.63) is 53.6 Å². The third-order valence-electron chi connectivity index (χ3n) is 4.15. The molecular weight excluding hydrogens is 276 g/mol. The number of hydrogen-bond donors (Lipinski definition) is 0. The molecule has 1 aromatic heterocycles. The SMILES string of the molecule is CN(C[C@H]1CCc2nccn2C1)C(=O)c1cccc(C#N)c1. The Hall–Kier alpha value is -2.61. The van der Waals surface area contributed by atoms with Gasteiger partial charge in [0, 0.05) is 44.5 Å². The van der Waals surface area contributed by atoms with Gasteiger partial charge in [0.2, 0.25) is 0 Å². The van der Waals surface area contributed by atoms with Crippen LogP contribution in [0.4, 0.5) is 0 Å². The summed E-state index contributed by atoms with van der Waals surface area (Å²) in [6.45, 7) is 1.62. The number of benzene rings is 1. The summed E-state index contributed by atoms with van der Waals surface area (Å²) in [7, 11) is 1.82. The van der Waals surface area contributed by atoms with E-state index in [1.54, 1.807) is 29.2 Å². The number of amides is 1. The lowest BCUT2D eigenvalue weighted by atomic mass is 9.98. The zero-order valence-electron chi connectivity index (χ0n) is 12.6. The highest BCUT2D eigenvalue weighted by Crippen LogP contribution is 2.20. The summed E-state index contributed by atoms with van der Waals surface area (Å²) in [6, 6.07) is 8.93. The fourth-order valence-corrected chi connectivity index (χ4v) is 3.00. The van der Waals surface area contributed by atoms with Gasteiger partial charge in [-0.3, -0.25) is 4.79 Å². The first-order valence-corrected chi connectivity index (χ1v) is 7.43. The van der Waals surface area contributed by atoms with Crippen LogP contribution in [0, 0.1) is 17.2 Å². The molecule has 1 atom stereocenters. The van der Waals surface area contributed by atoms with Gasteiger partial charge in [-0.25, -0.2) is 4.98 Å². The third-order valence-corrected chi connectivity index (χ3v) is 4.15. The molecule has 0 unspecified atom stereocenters. The number of imidazole rings is 1. The Kier molecular flexibility index (Phi) is 3.92. The molecule has 112 valence electrons. The lowest BCUT2D eigenvalue weighted by molar-refractivity contribution is 0.0760. The number of aromatic nitrogens is 2. The number of aryl methyl sites for hydroxylation is 1. The summed E-state index contributed by atoms with van der Waals surface area (Å²) in [4.78, 5) is 18.6. The Morgan fingerprint density at radius 2 is 2.41 bits per heavy atom. The molecule has 0 saturated carbocycles. The van der Waals surface area contributed by atoms with Crippen LogP contribution < -0.4 is 0 Å². The van der Waals surface area contributed by atoms with Gasteiger partial charge >= 0.3 is 0 Å². The molecule has 5 nitrogen and oxygen atoms in total. The maximum Gasteiger partial charge on any atom is 0.253 e. The largest absolute Gasteiger partial charge is 0.341 e.